The van der Waals surface area contributed by atoms with Crippen molar-refractivity contribution in [3.05, 3.63) is 64.4 Å². The molecule has 0 radical (unpaired) electrons. The molecule has 0 aliphatic carbocycles. The van der Waals surface area contributed by atoms with Gasteiger partial charge >= 0.3 is 0 Å². The molecule has 2 aromatic heterocycles. The Morgan fingerprint density at radius 3 is 2.53 bits per heavy atom. The predicted octanol–water partition coefficient (Wildman–Crippen LogP) is 3.88. The second-order valence-electron chi connectivity index (χ2n) is 7.70. The summed E-state index contributed by atoms with van der Waals surface area (Å²) in [6.45, 7) is 4.75. The van der Waals surface area contributed by atoms with Crippen molar-refractivity contribution in [1.29, 1.82) is 0 Å². The Hall–Kier alpha value is -3.43. The summed E-state index contributed by atoms with van der Waals surface area (Å²) < 4.78 is 7.19. The predicted molar refractivity (Wildman–Crippen MR) is 130 cm³/mol. The number of carbonyl (C=O) groups excluding carboxylic acids is 1. The first-order chi connectivity index (χ1) is 16.5. The van der Waals surface area contributed by atoms with Gasteiger partial charge in [0.2, 0.25) is 0 Å². The number of hydrogen-bond acceptors (Lipinski definition) is 7. The van der Waals surface area contributed by atoms with Crippen molar-refractivity contribution in [2.45, 2.75) is 6.92 Å². The van der Waals surface area contributed by atoms with Gasteiger partial charge in [0, 0.05) is 31.2 Å². The van der Waals surface area contributed by atoms with Crippen LogP contribution in [0.25, 0.3) is 16.9 Å². The van der Waals surface area contributed by atoms with Crippen LogP contribution < -0.4 is 9.64 Å². The first-order valence-electron chi connectivity index (χ1n) is 10.8. The molecule has 0 saturated carbocycles. The number of fused-ring (bicyclic) bond motifs is 1. The summed E-state index contributed by atoms with van der Waals surface area (Å²) in [6, 6.07) is 12.5. The van der Waals surface area contributed by atoms with Crippen LogP contribution in [0.4, 0.5) is 5.82 Å². The molecule has 11 heteroatoms. The minimum Gasteiger partial charge on any atom is -0.494 e. The summed E-state index contributed by atoms with van der Waals surface area (Å²) in [5.74, 6) is 1.34. The van der Waals surface area contributed by atoms with Crippen molar-refractivity contribution < 1.29 is 9.53 Å². The van der Waals surface area contributed by atoms with Crippen LogP contribution in [0.15, 0.2) is 48.8 Å². The van der Waals surface area contributed by atoms with Crippen LogP contribution in [0.3, 0.4) is 0 Å². The maximum Gasteiger partial charge on any atom is 0.255 e. The third kappa shape index (κ3) is 4.24. The quantitative estimate of drug-likeness (QED) is 0.413. The monoisotopic (exact) mass is 497 g/mol. The van der Waals surface area contributed by atoms with Crippen LogP contribution in [-0.4, -0.2) is 68.6 Å². The zero-order valence-corrected chi connectivity index (χ0v) is 19.9. The van der Waals surface area contributed by atoms with Gasteiger partial charge in [0.25, 0.3) is 5.91 Å². The van der Waals surface area contributed by atoms with Gasteiger partial charge in [0.1, 0.15) is 12.1 Å². The topological polar surface area (TPSA) is 89.3 Å². The Morgan fingerprint density at radius 2 is 1.79 bits per heavy atom. The number of benzene rings is 2. The fraction of sp³-hybridized carbons (Fsp3) is 0.261. The van der Waals surface area contributed by atoms with E-state index < -0.39 is 0 Å². The van der Waals surface area contributed by atoms with E-state index in [2.05, 4.69) is 25.2 Å². The van der Waals surface area contributed by atoms with E-state index in [0.29, 0.717) is 65.4 Å². The molecule has 1 amide bonds. The Labute approximate surface area is 205 Å². The summed E-state index contributed by atoms with van der Waals surface area (Å²) >= 11 is 12.3. The van der Waals surface area contributed by atoms with Crippen LogP contribution in [0.1, 0.15) is 17.3 Å². The molecule has 0 N–H and O–H groups in total. The number of halogens is 2. The third-order valence-corrected chi connectivity index (χ3v) is 6.20. The van der Waals surface area contributed by atoms with Crippen molar-refractivity contribution in [3.63, 3.8) is 0 Å². The number of rotatable bonds is 5. The summed E-state index contributed by atoms with van der Waals surface area (Å²) in [5.41, 5.74) is 2.45. The Bertz CT molecular complexity index is 1340. The summed E-state index contributed by atoms with van der Waals surface area (Å²) in [6.07, 6.45) is 1.51. The van der Waals surface area contributed by atoms with Crippen molar-refractivity contribution in [2.24, 2.45) is 0 Å². The van der Waals surface area contributed by atoms with E-state index in [4.69, 9.17) is 27.9 Å². The molecular formula is C23H21Cl2N7O2. The number of ether oxygens (including phenoxy) is 1. The molecule has 0 atom stereocenters. The minimum atomic E-state index is -0.138. The van der Waals surface area contributed by atoms with Crippen molar-refractivity contribution in [2.75, 3.05) is 37.7 Å². The van der Waals surface area contributed by atoms with Gasteiger partial charge in [-0.3, -0.25) is 4.79 Å². The molecule has 34 heavy (non-hydrogen) atoms. The number of piperazine rings is 1. The van der Waals surface area contributed by atoms with Gasteiger partial charge in [-0.1, -0.05) is 28.4 Å². The molecule has 4 aromatic rings. The normalized spacial score (nSPS) is 14.0. The first kappa shape index (κ1) is 22.4. The maximum absolute atomic E-state index is 13.0. The molecule has 0 spiro atoms. The number of carbonyl (C=O) groups is 1. The Balaban J connectivity index is 1.35. The second kappa shape index (κ2) is 9.44. The lowest BCUT2D eigenvalue weighted by molar-refractivity contribution is 0.0747. The molecule has 0 bridgehead atoms. The zero-order chi connectivity index (χ0) is 23.7. The fourth-order valence-corrected chi connectivity index (χ4v) is 4.32. The van der Waals surface area contributed by atoms with E-state index in [0.717, 1.165) is 11.4 Å². The number of anilines is 1. The minimum absolute atomic E-state index is 0.138. The lowest BCUT2D eigenvalue weighted by atomic mass is 10.1. The average Bonchev–Trinajstić information content (AvgIpc) is 3.30. The van der Waals surface area contributed by atoms with Gasteiger partial charge < -0.3 is 14.5 Å². The van der Waals surface area contributed by atoms with Crippen molar-refractivity contribution in [3.8, 4) is 11.4 Å². The van der Waals surface area contributed by atoms with E-state index in [9.17, 15) is 4.79 Å². The molecule has 1 saturated heterocycles. The van der Waals surface area contributed by atoms with Gasteiger partial charge in [0.05, 0.1) is 22.9 Å². The number of nitrogens with zero attached hydrogens (tertiary/aromatic N) is 7. The molecule has 1 aliphatic heterocycles. The average molecular weight is 498 g/mol. The molecule has 174 valence electrons. The SMILES string of the molecule is CCOc1ccc(-n2nnc3c(N4CCN(C(=O)c5cc(Cl)ccc5Cl)CC4)ncnc32)cc1. The Morgan fingerprint density at radius 1 is 1.03 bits per heavy atom. The zero-order valence-electron chi connectivity index (χ0n) is 18.4. The van der Waals surface area contributed by atoms with Crippen LogP contribution in [0.5, 0.6) is 5.75 Å². The van der Waals surface area contributed by atoms with E-state index in [1.54, 1.807) is 27.8 Å². The van der Waals surface area contributed by atoms with Crippen LogP contribution in [0.2, 0.25) is 10.0 Å². The smallest absolute Gasteiger partial charge is 0.255 e. The molecule has 9 nitrogen and oxygen atoms in total. The fourth-order valence-electron chi connectivity index (χ4n) is 3.95. The Kier molecular flexibility index (Phi) is 6.21. The standard InChI is InChI=1S/C23H21Cl2N7O2/c1-2-34-17-6-4-16(5-7-17)32-22-20(28-29-32)21(26-14-27-22)30-9-11-31(12-10-30)23(33)18-13-15(24)3-8-19(18)25/h3-8,13-14H,2,9-12H2,1H3. The highest BCUT2D eigenvalue weighted by atomic mass is 35.5. The van der Waals surface area contributed by atoms with Gasteiger partial charge in [-0.15, -0.1) is 5.10 Å². The van der Waals surface area contributed by atoms with E-state index in [-0.39, 0.29) is 5.91 Å². The lowest BCUT2D eigenvalue weighted by Gasteiger charge is -2.35. The first-order valence-corrected chi connectivity index (χ1v) is 11.6. The molecule has 1 aliphatic rings. The maximum atomic E-state index is 13.0. The number of hydrogen-bond donors (Lipinski definition) is 0. The number of amides is 1. The van der Waals surface area contributed by atoms with E-state index >= 15 is 0 Å². The molecule has 0 unspecified atom stereocenters. The largest absolute Gasteiger partial charge is 0.494 e. The second-order valence-corrected chi connectivity index (χ2v) is 8.54. The number of aromatic nitrogens is 5. The molecule has 2 aromatic carbocycles. The van der Waals surface area contributed by atoms with Gasteiger partial charge in [-0.2, -0.15) is 4.68 Å². The van der Waals surface area contributed by atoms with Gasteiger partial charge in [0.15, 0.2) is 17.0 Å². The molecule has 5 rings (SSSR count). The third-order valence-electron chi connectivity index (χ3n) is 5.64. The van der Waals surface area contributed by atoms with Crippen LogP contribution in [-0.2, 0) is 0 Å². The van der Waals surface area contributed by atoms with Gasteiger partial charge in [-0.05, 0) is 49.4 Å². The van der Waals surface area contributed by atoms with E-state index in [1.807, 2.05) is 31.2 Å². The molecular weight excluding hydrogens is 477 g/mol. The van der Waals surface area contributed by atoms with E-state index in [1.165, 1.54) is 6.33 Å². The van der Waals surface area contributed by atoms with Crippen molar-refractivity contribution in [1.82, 2.24) is 29.9 Å². The van der Waals surface area contributed by atoms with Crippen LogP contribution >= 0.6 is 23.2 Å². The summed E-state index contributed by atoms with van der Waals surface area (Å²) in [4.78, 5) is 25.7. The summed E-state index contributed by atoms with van der Waals surface area (Å²) in [7, 11) is 0. The molecule has 1 fully saturated rings. The highest BCUT2D eigenvalue weighted by Gasteiger charge is 2.26. The molecule has 3 heterocycles. The van der Waals surface area contributed by atoms with Crippen molar-refractivity contribution >= 4 is 46.1 Å². The highest BCUT2D eigenvalue weighted by Crippen LogP contribution is 2.26. The lowest BCUT2D eigenvalue weighted by Crippen LogP contribution is -2.49. The summed E-state index contributed by atoms with van der Waals surface area (Å²) in [5, 5.41) is 9.52. The highest BCUT2D eigenvalue weighted by molar-refractivity contribution is 6.35. The van der Waals surface area contributed by atoms with Crippen LogP contribution in [0, 0.1) is 0 Å². The van der Waals surface area contributed by atoms with Gasteiger partial charge in [-0.25, -0.2) is 9.97 Å².